The molecule has 1 aromatic rings. The van der Waals surface area contributed by atoms with E-state index < -0.39 is 11.4 Å². The number of anilines is 1. The summed E-state index contributed by atoms with van der Waals surface area (Å²) in [6.07, 6.45) is 3.47. The normalized spacial score (nSPS) is 11.4. The van der Waals surface area contributed by atoms with Crippen LogP contribution in [0.1, 0.15) is 13.8 Å². The second kappa shape index (κ2) is 3.69. The Morgan fingerprint density at radius 2 is 2.36 bits per heavy atom. The lowest BCUT2D eigenvalue weighted by Crippen LogP contribution is -2.31. The highest BCUT2D eigenvalue weighted by Gasteiger charge is 2.26. The first-order chi connectivity index (χ1) is 6.42. The molecule has 1 rings (SSSR count). The molecule has 0 saturated heterocycles. The zero-order valence-corrected chi connectivity index (χ0v) is 8.61. The van der Waals surface area contributed by atoms with Crippen LogP contribution in [0.3, 0.4) is 0 Å². The van der Waals surface area contributed by atoms with Crippen LogP contribution in [-0.2, 0) is 11.8 Å². The first-order valence-corrected chi connectivity index (χ1v) is 4.38. The van der Waals surface area contributed by atoms with E-state index >= 15 is 0 Å². The Hall–Kier alpha value is -1.52. The van der Waals surface area contributed by atoms with E-state index in [4.69, 9.17) is 5.11 Å². The maximum absolute atomic E-state index is 10.8. The molecule has 0 amide bonds. The minimum absolute atomic E-state index is 0.383. The number of nitrogens with one attached hydrogen (secondary N) is 1. The van der Waals surface area contributed by atoms with Crippen molar-refractivity contribution in [2.24, 2.45) is 12.5 Å². The number of aromatic nitrogens is 2. The van der Waals surface area contributed by atoms with E-state index in [0.29, 0.717) is 6.54 Å². The molecule has 2 N–H and O–H groups in total. The summed E-state index contributed by atoms with van der Waals surface area (Å²) in [5.74, 6) is -0.811. The van der Waals surface area contributed by atoms with Crippen molar-refractivity contribution in [2.45, 2.75) is 13.8 Å². The summed E-state index contributed by atoms with van der Waals surface area (Å²) in [6, 6.07) is 0. The molecule has 5 nitrogen and oxygen atoms in total. The Balaban J connectivity index is 2.52. The lowest BCUT2D eigenvalue weighted by molar-refractivity contribution is -0.146. The fraction of sp³-hybridized carbons (Fsp3) is 0.556. The van der Waals surface area contributed by atoms with Gasteiger partial charge in [0.25, 0.3) is 0 Å². The third-order valence-corrected chi connectivity index (χ3v) is 2.02. The number of nitrogens with zero attached hydrogens (tertiary/aromatic N) is 2. The molecule has 0 unspecified atom stereocenters. The number of aryl methyl sites for hydroxylation is 1. The van der Waals surface area contributed by atoms with Gasteiger partial charge in [-0.1, -0.05) is 0 Å². The van der Waals surface area contributed by atoms with Gasteiger partial charge >= 0.3 is 5.97 Å². The highest BCUT2D eigenvalue weighted by molar-refractivity contribution is 5.74. The van der Waals surface area contributed by atoms with Gasteiger partial charge in [-0.05, 0) is 13.8 Å². The third-order valence-electron chi connectivity index (χ3n) is 2.02. The maximum Gasteiger partial charge on any atom is 0.310 e. The van der Waals surface area contributed by atoms with Gasteiger partial charge in [-0.25, -0.2) is 0 Å². The number of aliphatic carboxylic acids is 1. The predicted octanol–water partition coefficient (Wildman–Crippen LogP) is 0.943. The molecule has 14 heavy (non-hydrogen) atoms. The average Bonchev–Trinajstić information content (AvgIpc) is 2.48. The minimum atomic E-state index is -0.811. The van der Waals surface area contributed by atoms with Crippen LogP contribution >= 0.6 is 0 Å². The molecular formula is C9H15N3O2. The molecule has 0 bridgehead atoms. The molecular weight excluding hydrogens is 182 g/mol. The highest BCUT2D eigenvalue weighted by Crippen LogP contribution is 2.16. The largest absolute Gasteiger partial charge is 0.481 e. The smallest absolute Gasteiger partial charge is 0.310 e. The van der Waals surface area contributed by atoms with Crippen LogP contribution in [0.4, 0.5) is 5.69 Å². The summed E-state index contributed by atoms with van der Waals surface area (Å²) < 4.78 is 1.66. The van der Waals surface area contributed by atoms with E-state index in [9.17, 15) is 4.79 Å². The number of hydrogen-bond acceptors (Lipinski definition) is 3. The van der Waals surface area contributed by atoms with Crippen LogP contribution < -0.4 is 5.32 Å². The SMILES string of the molecule is Cn1cc(NCC(C)(C)C(=O)O)cn1. The third kappa shape index (κ3) is 2.48. The van der Waals surface area contributed by atoms with Crippen molar-refractivity contribution in [1.29, 1.82) is 0 Å². The minimum Gasteiger partial charge on any atom is -0.481 e. The van der Waals surface area contributed by atoms with Crippen molar-refractivity contribution in [3.05, 3.63) is 12.4 Å². The van der Waals surface area contributed by atoms with E-state index in [-0.39, 0.29) is 0 Å². The number of carboxylic acids is 1. The summed E-state index contributed by atoms with van der Waals surface area (Å²) in [5, 5.41) is 15.9. The van der Waals surface area contributed by atoms with Crippen LogP contribution in [0, 0.1) is 5.41 Å². The zero-order valence-electron chi connectivity index (χ0n) is 8.61. The Bertz CT molecular complexity index is 331. The van der Waals surface area contributed by atoms with E-state index in [0.717, 1.165) is 5.69 Å². The maximum atomic E-state index is 10.8. The van der Waals surface area contributed by atoms with Crippen molar-refractivity contribution in [1.82, 2.24) is 9.78 Å². The topological polar surface area (TPSA) is 67.2 Å². The van der Waals surface area contributed by atoms with E-state index in [1.165, 1.54) is 0 Å². The molecule has 0 saturated carbocycles. The lowest BCUT2D eigenvalue weighted by Gasteiger charge is -2.19. The predicted molar refractivity (Wildman–Crippen MR) is 53.1 cm³/mol. The van der Waals surface area contributed by atoms with Crippen molar-refractivity contribution in [3.8, 4) is 0 Å². The Morgan fingerprint density at radius 3 is 2.79 bits per heavy atom. The molecule has 0 aliphatic rings. The van der Waals surface area contributed by atoms with Gasteiger partial charge in [0.2, 0.25) is 0 Å². The quantitative estimate of drug-likeness (QED) is 0.754. The molecule has 0 radical (unpaired) electrons. The van der Waals surface area contributed by atoms with Crippen molar-refractivity contribution in [2.75, 3.05) is 11.9 Å². The van der Waals surface area contributed by atoms with E-state index in [1.807, 2.05) is 7.05 Å². The summed E-state index contributed by atoms with van der Waals surface area (Å²) in [5.41, 5.74) is 0.0670. The van der Waals surface area contributed by atoms with Gasteiger partial charge in [0.1, 0.15) is 0 Å². The molecule has 0 spiro atoms. The summed E-state index contributed by atoms with van der Waals surface area (Å²) in [4.78, 5) is 10.8. The van der Waals surface area contributed by atoms with Gasteiger partial charge in [0, 0.05) is 19.8 Å². The van der Waals surface area contributed by atoms with Crippen molar-refractivity contribution < 1.29 is 9.90 Å². The van der Waals surface area contributed by atoms with Crippen LogP contribution in [0.15, 0.2) is 12.4 Å². The second-order valence-electron chi connectivity index (χ2n) is 3.95. The molecule has 1 heterocycles. The van der Waals surface area contributed by atoms with Crippen LogP contribution in [0.25, 0.3) is 0 Å². The van der Waals surface area contributed by atoms with Crippen molar-refractivity contribution in [3.63, 3.8) is 0 Å². The molecule has 5 heteroatoms. The fourth-order valence-electron chi connectivity index (χ4n) is 0.911. The van der Waals surface area contributed by atoms with Gasteiger partial charge in [0.15, 0.2) is 0 Å². The van der Waals surface area contributed by atoms with Gasteiger partial charge in [-0.3, -0.25) is 9.48 Å². The summed E-state index contributed by atoms with van der Waals surface area (Å²) in [7, 11) is 1.81. The van der Waals surface area contributed by atoms with E-state index in [1.54, 1.807) is 30.9 Å². The van der Waals surface area contributed by atoms with Crippen LogP contribution in [-0.4, -0.2) is 27.4 Å². The average molecular weight is 197 g/mol. The Kier molecular flexibility index (Phi) is 2.78. The molecule has 0 aromatic carbocycles. The van der Waals surface area contributed by atoms with Gasteiger partial charge in [0.05, 0.1) is 17.3 Å². The fourth-order valence-corrected chi connectivity index (χ4v) is 0.911. The summed E-state index contributed by atoms with van der Waals surface area (Å²) in [6.45, 7) is 3.74. The highest BCUT2D eigenvalue weighted by atomic mass is 16.4. The first kappa shape index (κ1) is 10.6. The number of rotatable bonds is 4. The van der Waals surface area contributed by atoms with Crippen LogP contribution in [0.2, 0.25) is 0 Å². The first-order valence-electron chi connectivity index (χ1n) is 4.38. The number of carbonyl (C=O) groups is 1. The monoisotopic (exact) mass is 197 g/mol. The molecule has 0 aliphatic heterocycles. The lowest BCUT2D eigenvalue weighted by atomic mass is 9.94. The molecule has 0 aliphatic carbocycles. The zero-order chi connectivity index (χ0) is 10.8. The second-order valence-corrected chi connectivity index (χ2v) is 3.95. The number of hydrogen-bond donors (Lipinski definition) is 2. The Labute approximate surface area is 82.7 Å². The summed E-state index contributed by atoms with van der Waals surface area (Å²) >= 11 is 0. The van der Waals surface area contributed by atoms with Crippen molar-refractivity contribution >= 4 is 11.7 Å². The molecule has 0 fully saturated rings. The standard InChI is InChI=1S/C9H15N3O2/c1-9(2,8(13)14)6-10-7-4-11-12(3)5-7/h4-5,10H,6H2,1-3H3,(H,13,14). The van der Waals surface area contributed by atoms with Gasteiger partial charge in [-0.2, -0.15) is 5.10 Å². The molecule has 0 atom stereocenters. The van der Waals surface area contributed by atoms with E-state index in [2.05, 4.69) is 10.4 Å². The van der Waals surface area contributed by atoms with Gasteiger partial charge < -0.3 is 10.4 Å². The van der Waals surface area contributed by atoms with Crippen LogP contribution in [0.5, 0.6) is 0 Å². The molecule has 78 valence electrons. The van der Waals surface area contributed by atoms with Gasteiger partial charge in [-0.15, -0.1) is 0 Å². The molecule has 1 aromatic heterocycles. The number of carboxylic acid groups (broad SMARTS) is 1. The Morgan fingerprint density at radius 1 is 1.71 bits per heavy atom.